The van der Waals surface area contributed by atoms with Crippen molar-refractivity contribution >= 4 is 23.4 Å². The quantitative estimate of drug-likeness (QED) is 0.387. The van der Waals surface area contributed by atoms with Gasteiger partial charge in [0.25, 0.3) is 0 Å². The Morgan fingerprint density at radius 3 is 2.63 bits per heavy atom. The molecular weight excluding hydrogens is 504 g/mol. The minimum Gasteiger partial charge on any atom is -0.479 e. The van der Waals surface area contributed by atoms with E-state index in [9.17, 15) is 8.78 Å². The summed E-state index contributed by atoms with van der Waals surface area (Å²) in [6, 6.07) is 2.82. The van der Waals surface area contributed by atoms with Gasteiger partial charge in [-0.05, 0) is 48.4 Å². The van der Waals surface area contributed by atoms with Crippen LogP contribution in [0.1, 0.15) is 37.2 Å². The van der Waals surface area contributed by atoms with Crippen LogP contribution in [-0.2, 0) is 4.74 Å². The smallest absolute Gasteiger partial charge is 0.244 e. The van der Waals surface area contributed by atoms with E-state index in [4.69, 9.17) is 9.47 Å². The molecule has 4 heterocycles. The van der Waals surface area contributed by atoms with Gasteiger partial charge in [-0.15, -0.1) is 5.10 Å². The number of fused-ring (bicyclic) bond motifs is 2. The zero-order chi connectivity index (χ0) is 26.8. The number of methoxy groups -OCH3 is 2. The standard InChI is InChI=1S/C26H30F4N6O2/c1-37-10-9-35-7-4-17(5-8-35)32-26-33-25(38-2)24-22(20(28)14-36(24)34-26)16-11-18-15(13-21(29)30)3-6-31-23(18)19(27)12-16/h6,11-12,14-15,17,21H,3-5,7-10,13H2,1-2H3,(H,32,34). The molecule has 0 aliphatic carbocycles. The van der Waals surface area contributed by atoms with E-state index in [1.165, 1.54) is 30.1 Å². The summed E-state index contributed by atoms with van der Waals surface area (Å²) < 4.78 is 68.7. The summed E-state index contributed by atoms with van der Waals surface area (Å²) in [7, 11) is 3.10. The predicted molar refractivity (Wildman–Crippen MR) is 136 cm³/mol. The molecular formula is C26H30F4N6O2. The van der Waals surface area contributed by atoms with Gasteiger partial charge in [0.1, 0.15) is 17.0 Å². The van der Waals surface area contributed by atoms with Gasteiger partial charge in [-0.1, -0.05) is 0 Å². The lowest BCUT2D eigenvalue weighted by atomic mass is 9.87. The summed E-state index contributed by atoms with van der Waals surface area (Å²) in [5, 5.41) is 7.76. The highest BCUT2D eigenvalue weighted by Crippen LogP contribution is 2.43. The SMILES string of the molecule is COCCN1CCC(Nc2nc(OC)c3c(-c4cc(F)c5c(c4)C(CC(F)F)CC=N5)c(F)cn3n2)CC1. The Morgan fingerprint density at radius 2 is 1.92 bits per heavy atom. The Kier molecular flexibility index (Phi) is 7.80. The molecule has 0 spiro atoms. The molecule has 12 heteroatoms. The third kappa shape index (κ3) is 5.32. The fourth-order valence-corrected chi connectivity index (χ4v) is 5.25. The first-order valence-corrected chi connectivity index (χ1v) is 12.6. The Balaban J connectivity index is 1.46. The van der Waals surface area contributed by atoms with Gasteiger partial charge in [-0.25, -0.2) is 22.1 Å². The number of hydrogen-bond donors (Lipinski definition) is 1. The van der Waals surface area contributed by atoms with E-state index in [0.717, 1.165) is 38.5 Å². The first-order valence-electron chi connectivity index (χ1n) is 12.6. The molecule has 1 atom stereocenters. The van der Waals surface area contributed by atoms with Crippen molar-refractivity contribution in [1.82, 2.24) is 19.5 Å². The van der Waals surface area contributed by atoms with Crippen LogP contribution in [0.2, 0.25) is 0 Å². The summed E-state index contributed by atoms with van der Waals surface area (Å²) in [5.74, 6) is -1.59. The van der Waals surface area contributed by atoms with Gasteiger partial charge in [-0.3, -0.25) is 4.99 Å². The van der Waals surface area contributed by atoms with Crippen molar-refractivity contribution in [1.29, 1.82) is 0 Å². The molecule has 5 rings (SSSR count). The molecule has 2 aliphatic rings. The molecule has 0 amide bonds. The summed E-state index contributed by atoms with van der Waals surface area (Å²) in [6.07, 6.45) is 1.65. The van der Waals surface area contributed by atoms with Crippen molar-refractivity contribution in [2.45, 2.75) is 44.1 Å². The number of likely N-dealkylation sites (tertiary alicyclic amines) is 1. The van der Waals surface area contributed by atoms with Crippen molar-refractivity contribution in [3.8, 4) is 17.0 Å². The molecule has 0 saturated carbocycles. The van der Waals surface area contributed by atoms with Gasteiger partial charge in [0.05, 0.1) is 25.5 Å². The maximum absolute atomic E-state index is 15.4. The molecule has 2 aliphatic heterocycles. The Labute approximate surface area is 217 Å². The summed E-state index contributed by atoms with van der Waals surface area (Å²) in [4.78, 5) is 10.9. The van der Waals surface area contributed by atoms with Crippen molar-refractivity contribution < 1.29 is 27.0 Å². The lowest BCUT2D eigenvalue weighted by molar-refractivity contribution is 0.128. The number of nitrogens with zero attached hydrogens (tertiary/aromatic N) is 5. The van der Waals surface area contributed by atoms with Gasteiger partial charge in [0.2, 0.25) is 18.3 Å². The average molecular weight is 535 g/mol. The van der Waals surface area contributed by atoms with Crippen LogP contribution in [0.5, 0.6) is 5.88 Å². The molecule has 0 bridgehead atoms. The molecule has 3 aromatic rings. The zero-order valence-electron chi connectivity index (χ0n) is 21.3. The maximum atomic E-state index is 15.4. The lowest BCUT2D eigenvalue weighted by Crippen LogP contribution is -2.40. The highest BCUT2D eigenvalue weighted by molar-refractivity contribution is 5.87. The van der Waals surface area contributed by atoms with Crippen LogP contribution in [0.4, 0.5) is 29.2 Å². The zero-order valence-corrected chi connectivity index (χ0v) is 21.3. The number of aromatic nitrogens is 3. The van der Waals surface area contributed by atoms with Gasteiger partial charge in [-0.2, -0.15) is 4.98 Å². The molecule has 204 valence electrons. The second kappa shape index (κ2) is 11.2. The average Bonchev–Trinajstić information content (AvgIpc) is 3.23. The summed E-state index contributed by atoms with van der Waals surface area (Å²) in [6.45, 7) is 3.38. The first kappa shape index (κ1) is 26.4. The van der Waals surface area contributed by atoms with Crippen molar-refractivity contribution in [2.24, 2.45) is 4.99 Å². The van der Waals surface area contributed by atoms with E-state index in [0.29, 0.717) is 12.2 Å². The van der Waals surface area contributed by atoms with Crippen LogP contribution in [0.15, 0.2) is 23.3 Å². The number of ether oxygens (including phenoxy) is 2. The molecule has 1 N–H and O–H groups in total. The number of rotatable bonds is 9. The second-order valence-corrected chi connectivity index (χ2v) is 9.61. The molecule has 8 nitrogen and oxygen atoms in total. The monoisotopic (exact) mass is 534 g/mol. The number of alkyl halides is 2. The molecule has 1 fully saturated rings. The number of anilines is 1. The number of nitrogens with one attached hydrogen (secondary N) is 1. The lowest BCUT2D eigenvalue weighted by Gasteiger charge is -2.32. The minimum absolute atomic E-state index is 0.0116. The molecule has 1 saturated heterocycles. The van der Waals surface area contributed by atoms with Crippen molar-refractivity contribution in [2.75, 3.05) is 45.8 Å². The largest absolute Gasteiger partial charge is 0.479 e. The third-order valence-corrected chi connectivity index (χ3v) is 7.17. The van der Waals surface area contributed by atoms with E-state index in [2.05, 4.69) is 25.3 Å². The van der Waals surface area contributed by atoms with Crippen LogP contribution in [0.25, 0.3) is 16.6 Å². The maximum Gasteiger partial charge on any atom is 0.244 e. The van der Waals surface area contributed by atoms with Crippen LogP contribution in [-0.4, -0.2) is 78.6 Å². The fourth-order valence-electron chi connectivity index (χ4n) is 5.25. The molecule has 2 aromatic heterocycles. The molecule has 1 aromatic carbocycles. The Morgan fingerprint density at radius 1 is 1.13 bits per heavy atom. The number of benzene rings is 1. The van der Waals surface area contributed by atoms with E-state index >= 15 is 8.78 Å². The Hall–Kier alpha value is -3.25. The number of hydrogen-bond acceptors (Lipinski definition) is 7. The fraction of sp³-hybridized carbons (Fsp3) is 0.500. The van der Waals surface area contributed by atoms with Gasteiger partial charge >= 0.3 is 0 Å². The normalized spacial score (nSPS) is 18.3. The first-order chi connectivity index (χ1) is 18.4. The minimum atomic E-state index is -2.56. The van der Waals surface area contributed by atoms with E-state index in [-0.39, 0.29) is 46.6 Å². The van der Waals surface area contributed by atoms with Crippen LogP contribution < -0.4 is 10.1 Å². The van der Waals surface area contributed by atoms with Crippen LogP contribution in [0, 0.1) is 11.6 Å². The third-order valence-electron chi connectivity index (χ3n) is 7.17. The van der Waals surface area contributed by atoms with Crippen molar-refractivity contribution in [3.05, 3.63) is 35.5 Å². The topological polar surface area (TPSA) is 76.3 Å². The highest BCUT2D eigenvalue weighted by atomic mass is 19.3. The van der Waals surface area contributed by atoms with E-state index in [1.807, 2.05) is 0 Å². The van der Waals surface area contributed by atoms with E-state index in [1.54, 1.807) is 7.11 Å². The summed E-state index contributed by atoms with van der Waals surface area (Å²) >= 11 is 0. The second-order valence-electron chi connectivity index (χ2n) is 9.61. The van der Waals surface area contributed by atoms with Crippen LogP contribution >= 0.6 is 0 Å². The van der Waals surface area contributed by atoms with Crippen molar-refractivity contribution in [3.63, 3.8) is 0 Å². The molecule has 1 unspecified atom stereocenters. The van der Waals surface area contributed by atoms with Crippen LogP contribution in [0.3, 0.4) is 0 Å². The number of halogens is 4. The number of aliphatic imine (C=N–C) groups is 1. The van der Waals surface area contributed by atoms with Gasteiger partial charge in [0.15, 0.2) is 5.82 Å². The van der Waals surface area contributed by atoms with E-state index < -0.39 is 30.4 Å². The summed E-state index contributed by atoms with van der Waals surface area (Å²) in [5.41, 5.74) is 0.777. The van der Waals surface area contributed by atoms with Gasteiger partial charge < -0.3 is 19.7 Å². The predicted octanol–water partition coefficient (Wildman–Crippen LogP) is 5.05. The number of piperidine rings is 1. The molecule has 0 radical (unpaired) electrons. The molecule has 38 heavy (non-hydrogen) atoms. The van der Waals surface area contributed by atoms with Gasteiger partial charge in [0, 0.05) is 45.4 Å². The Bertz CT molecular complexity index is 1320. The highest BCUT2D eigenvalue weighted by Gasteiger charge is 2.28.